The predicted octanol–water partition coefficient (Wildman–Crippen LogP) is 4.56. The Morgan fingerprint density at radius 2 is 1.72 bits per heavy atom. The second kappa shape index (κ2) is 10.1. The molecule has 0 spiro atoms. The van der Waals surface area contributed by atoms with Crippen molar-refractivity contribution in [2.75, 3.05) is 13.2 Å². The van der Waals surface area contributed by atoms with Crippen molar-refractivity contribution in [3.05, 3.63) is 81.5 Å². The van der Waals surface area contributed by atoms with Gasteiger partial charge < -0.3 is 19.9 Å². The Kier molecular flexibility index (Phi) is 7.27. The van der Waals surface area contributed by atoms with E-state index >= 15 is 0 Å². The van der Waals surface area contributed by atoms with Gasteiger partial charge in [-0.15, -0.1) is 11.3 Å². The van der Waals surface area contributed by atoms with E-state index in [1.165, 1.54) is 11.3 Å². The van der Waals surface area contributed by atoms with Crippen LogP contribution in [0.2, 0.25) is 0 Å². The molecule has 0 fully saturated rings. The van der Waals surface area contributed by atoms with Gasteiger partial charge in [-0.3, -0.25) is 4.79 Å². The van der Waals surface area contributed by atoms with Crippen molar-refractivity contribution in [2.24, 2.45) is 0 Å². The van der Waals surface area contributed by atoms with E-state index in [1.54, 1.807) is 18.2 Å². The van der Waals surface area contributed by atoms with Gasteiger partial charge in [0, 0.05) is 15.3 Å². The number of ether oxygens (including phenoxy) is 2. The Morgan fingerprint density at radius 1 is 1.00 bits per heavy atom. The van der Waals surface area contributed by atoms with E-state index in [0.29, 0.717) is 36.8 Å². The number of hydrogen-bond donors (Lipinski definition) is 2. The summed E-state index contributed by atoms with van der Waals surface area (Å²) in [5.74, 6) is 1.00. The lowest BCUT2D eigenvalue weighted by Crippen LogP contribution is -2.22. The Bertz CT molecular complexity index is 939. The number of amides is 1. The molecule has 0 radical (unpaired) electrons. The molecule has 0 saturated heterocycles. The zero-order valence-corrected chi connectivity index (χ0v) is 17.4. The molecule has 3 aromatic rings. The van der Waals surface area contributed by atoms with Crippen LogP contribution in [0.3, 0.4) is 0 Å². The van der Waals surface area contributed by atoms with Crippen molar-refractivity contribution in [1.82, 2.24) is 5.32 Å². The minimum absolute atomic E-state index is 0.187. The molecule has 5 nitrogen and oxygen atoms in total. The third kappa shape index (κ3) is 5.37. The molecular weight excluding hydrogens is 386 g/mol. The van der Waals surface area contributed by atoms with Crippen LogP contribution in [0.15, 0.2) is 60.7 Å². The quantitative estimate of drug-likeness (QED) is 0.542. The number of nitrogens with one attached hydrogen (secondary N) is 1. The van der Waals surface area contributed by atoms with Gasteiger partial charge in [-0.25, -0.2) is 0 Å². The first kappa shape index (κ1) is 20.9. The summed E-state index contributed by atoms with van der Waals surface area (Å²) in [6, 6.07) is 18.5. The van der Waals surface area contributed by atoms with Crippen LogP contribution in [0, 0.1) is 0 Å². The van der Waals surface area contributed by atoms with Crippen LogP contribution in [-0.4, -0.2) is 24.2 Å². The second-order valence-electron chi connectivity index (χ2n) is 6.33. The zero-order valence-electron chi connectivity index (χ0n) is 16.6. The number of hydrogen-bond acceptors (Lipinski definition) is 5. The fourth-order valence-corrected chi connectivity index (χ4v) is 3.86. The van der Waals surface area contributed by atoms with Gasteiger partial charge in [0.25, 0.3) is 5.91 Å². The lowest BCUT2D eigenvalue weighted by molar-refractivity contribution is 0.0950. The standard InChI is InChI=1S/C23H25NO4S/c1-3-27-19-12-10-17(14-20(19)28-4-2)23(26)24-15-18-11-13-21(29-18)22(25)16-8-6-5-7-9-16/h5-14,22,25H,3-4,15H2,1-2H3,(H,24,26). The Hall–Kier alpha value is -2.83. The third-order valence-electron chi connectivity index (χ3n) is 4.30. The first-order valence-electron chi connectivity index (χ1n) is 9.61. The fourth-order valence-electron chi connectivity index (χ4n) is 2.90. The van der Waals surface area contributed by atoms with Crippen molar-refractivity contribution in [3.63, 3.8) is 0 Å². The first-order chi connectivity index (χ1) is 14.1. The normalized spacial score (nSPS) is 11.7. The van der Waals surface area contributed by atoms with Crippen LogP contribution >= 0.6 is 11.3 Å². The summed E-state index contributed by atoms with van der Waals surface area (Å²) in [5, 5.41) is 13.4. The fraction of sp³-hybridized carbons (Fsp3) is 0.261. The molecule has 0 saturated carbocycles. The van der Waals surface area contributed by atoms with E-state index in [1.807, 2.05) is 56.3 Å². The summed E-state index contributed by atoms with van der Waals surface area (Å²) in [7, 11) is 0. The van der Waals surface area contributed by atoms with Gasteiger partial charge in [-0.05, 0) is 49.7 Å². The molecule has 6 heteroatoms. The number of rotatable bonds is 9. The average molecular weight is 412 g/mol. The van der Waals surface area contributed by atoms with Gasteiger partial charge in [0.2, 0.25) is 0 Å². The molecule has 1 unspecified atom stereocenters. The second-order valence-corrected chi connectivity index (χ2v) is 7.53. The van der Waals surface area contributed by atoms with Gasteiger partial charge in [0.05, 0.1) is 19.8 Å². The van der Waals surface area contributed by atoms with Crippen molar-refractivity contribution in [1.29, 1.82) is 0 Å². The van der Waals surface area contributed by atoms with E-state index < -0.39 is 6.10 Å². The summed E-state index contributed by atoms with van der Waals surface area (Å²) < 4.78 is 11.1. The molecule has 0 aliphatic carbocycles. The van der Waals surface area contributed by atoms with Crippen molar-refractivity contribution >= 4 is 17.2 Å². The Balaban J connectivity index is 1.64. The van der Waals surface area contributed by atoms with E-state index in [9.17, 15) is 9.90 Å². The average Bonchev–Trinajstić information content (AvgIpc) is 3.22. The molecule has 3 rings (SSSR count). The molecule has 0 bridgehead atoms. The minimum Gasteiger partial charge on any atom is -0.490 e. The molecule has 0 aliphatic heterocycles. The van der Waals surface area contributed by atoms with Gasteiger partial charge in [-0.1, -0.05) is 30.3 Å². The van der Waals surface area contributed by atoms with Crippen molar-refractivity contribution in [2.45, 2.75) is 26.5 Å². The summed E-state index contributed by atoms with van der Waals surface area (Å²) in [5.41, 5.74) is 1.36. The topological polar surface area (TPSA) is 67.8 Å². The zero-order chi connectivity index (χ0) is 20.6. The van der Waals surface area contributed by atoms with Crippen LogP contribution < -0.4 is 14.8 Å². The highest BCUT2D eigenvalue weighted by molar-refractivity contribution is 7.12. The molecule has 0 aliphatic rings. The largest absolute Gasteiger partial charge is 0.490 e. The van der Waals surface area contributed by atoms with Crippen molar-refractivity contribution in [3.8, 4) is 11.5 Å². The number of carbonyl (C=O) groups excluding carboxylic acids is 1. The maximum absolute atomic E-state index is 12.6. The first-order valence-corrected chi connectivity index (χ1v) is 10.4. The molecule has 1 aromatic heterocycles. The number of thiophene rings is 1. The lowest BCUT2D eigenvalue weighted by Gasteiger charge is -2.12. The van der Waals surface area contributed by atoms with Gasteiger partial charge in [0.15, 0.2) is 11.5 Å². The third-order valence-corrected chi connectivity index (χ3v) is 5.43. The Morgan fingerprint density at radius 3 is 2.45 bits per heavy atom. The molecule has 2 aromatic carbocycles. The lowest BCUT2D eigenvalue weighted by atomic mass is 10.1. The van der Waals surface area contributed by atoms with Crippen LogP contribution in [0.5, 0.6) is 11.5 Å². The van der Waals surface area contributed by atoms with Gasteiger partial charge >= 0.3 is 0 Å². The highest BCUT2D eigenvalue weighted by atomic mass is 32.1. The highest BCUT2D eigenvalue weighted by Gasteiger charge is 2.14. The number of aliphatic hydroxyl groups is 1. The van der Waals surface area contributed by atoms with E-state index in [4.69, 9.17) is 9.47 Å². The van der Waals surface area contributed by atoms with E-state index in [-0.39, 0.29) is 5.91 Å². The van der Waals surface area contributed by atoms with Crippen LogP contribution in [-0.2, 0) is 6.54 Å². The van der Waals surface area contributed by atoms with Gasteiger partial charge in [-0.2, -0.15) is 0 Å². The number of aliphatic hydroxyl groups excluding tert-OH is 1. The van der Waals surface area contributed by atoms with Crippen molar-refractivity contribution < 1.29 is 19.4 Å². The maximum Gasteiger partial charge on any atom is 0.251 e. The van der Waals surface area contributed by atoms with Crippen LogP contribution in [0.4, 0.5) is 0 Å². The van der Waals surface area contributed by atoms with Crippen LogP contribution in [0.25, 0.3) is 0 Å². The highest BCUT2D eigenvalue weighted by Crippen LogP contribution is 2.30. The molecule has 1 atom stereocenters. The monoisotopic (exact) mass is 411 g/mol. The molecule has 152 valence electrons. The molecular formula is C23H25NO4S. The molecule has 1 heterocycles. The van der Waals surface area contributed by atoms with E-state index in [0.717, 1.165) is 15.3 Å². The Labute approximate surface area is 174 Å². The molecule has 1 amide bonds. The smallest absolute Gasteiger partial charge is 0.251 e. The summed E-state index contributed by atoms with van der Waals surface area (Å²) >= 11 is 1.48. The summed E-state index contributed by atoms with van der Waals surface area (Å²) in [6.45, 7) is 5.21. The maximum atomic E-state index is 12.6. The summed E-state index contributed by atoms with van der Waals surface area (Å²) in [4.78, 5) is 14.4. The van der Waals surface area contributed by atoms with Crippen LogP contribution in [0.1, 0.15) is 45.6 Å². The van der Waals surface area contributed by atoms with E-state index in [2.05, 4.69) is 5.32 Å². The van der Waals surface area contributed by atoms with Gasteiger partial charge in [0.1, 0.15) is 6.10 Å². The molecule has 2 N–H and O–H groups in total. The SMILES string of the molecule is CCOc1ccc(C(=O)NCc2ccc(C(O)c3ccccc3)s2)cc1OCC. The minimum atomic E-state index is -0.662. The summed E-state index contributed by atoms with van der Waals surface area (Å²) in [6.07, 6.45) is -0.662. The number of benzene rings is 2. The predicted molar refractivity (Wildman–Crippen MR) is 115 cm³/mol. The number of carbonyl (C=O) groups is 1. The molecule has 29 heavy (non-hydrogen) atoms.